The SMILES string of the molecule is COc1ccccc1CCNC(C)CO. The van der Waals surface area contributed by atoms with Crippen molar-refractivity contribution in [3.63, 3.8) is 0 Å². The molecule has 1 aromatic carbocycles. The fourth-order valence-electron chi connectivity index (χ4n) is 1.43. The Labute approximate surface area is 91.1 Å². The topological polar surface area (TPSA) is 41.5 Å². The van der Waals surface area contributed by atoms with Crippen molar-refractivity contribution in [2.75, 3.05) is 20.3 Å². The van der Waals surface area contributed by atoms with Crippen molar-refractivity contribution in [3.8, 4) is 5.75 Å². The van der Waals surface area contributed by atoms with Crippen LogP contribution in [0.5, 0.6) is 5.75 Å². The molecule has 0 fully saturated rings. The van der Waals surface area contributed by atoms with Gasteiger partial charge in [-0.25, -0.2) is 0 Å². The van der Waals surface area contributed by atoms with E-state index in [0.717, 1.165) is 18.7 Å². The lowest BCUT2D eigenvalue weighted by molar-refractivity contribution is 0.252. The van der Waals surface area contributed by atoms with Crippen LogP contribution in [0, 0.1) is 0 Å². The third kappa shape index (κ3) is 3.90. The monoisotopic (exact) mass is 209 g/mol. The third-order valence-electron chi connectivity index (χ3n) is 2.35. The molecule has 84 valence electrons. The van der Waals surface area contributed by atoms with E-state index in [1.807, 2.05) is 25.1 Å². The summed E-state index contributed by atoms with van der Waals surface area (Å²) < 4.78 is 5.25. The number of hydrogen-bond acceptors (Lipinski definition) is 3. The summed E-state index contributed by atoms with van der Waals surface area (Å²) in [6, 6.07) is 8.15. The lowest BCUT2D eigenvalue weighted by Crippen LogP contribution is -2.31. The Balaban J connectivity index is 2.43. The highest BCUT2D eigenvalue weighted by molar-refractivity contribution is 5.33. The Morgan fingerprint density at radius 2 is 2.13 bits per heavy atom. The zero-order chi connectivity index (χ0) is 11.1. The van der Waals surface area contributed by atoms with Crippen molar-refractivity contribution in [2.24, 2.45) is 0 Å². The smallest absolute Gasteiger partial charge is 0.122 e. The molecule has 1 rings (SSSR count). The van der Waals surface area contributed by atoms with Gasteiger partial charge in [-0.3, -0.25) is 0 Å². The molecule has 3 nitrogen and oxygen atoms in total. The van der Waals surface area contributed by atoms with E-state index < -0.39 is 0 Å². The predicted octanol–water partition coefficient (Wildman–Crippen LogP) is 1.21. The molecule has 0 amide bonds. The molecular weight excluding hydrogens is 190 g/mol. The van der Waals surface area contributed by atoms with Crippen LogP contribution in [0.4, 0.5) is 0 Å². The summed E-state index contributed by atoms with van der Waals surface area (Å²) in [5.41, 5.74) is 1.19. The Bertz CT molecular complexity index is 289. The fraction of sp³-hybridized carbons (Fsp3) is 0.500. The van der Waals surface area contributed by atoms with Gasteiger partial charge >= 0.3 is 0 Å². The summed E-state index contributed by atoms with van der Waals surface area (Å²) in [5, 5.41) is 12.1. The largest absolute Gasteiger partial charge is 0.496 e. The molecule has 15 heavy (non-hydrogen) atoms. The van der Waals surface area contributed by atoms with Gasteiger partial charge in [-0.1, -0.05) is 18.2 Å². The van der Waals surface area contributed by atoms with E-state index in [1.165, 1.54) is 5.56 Å². The van der Waals surface area contributed by atoms with Crippen LogP contribution in [0.1, 0.15) is 12.5 Å². The Kier molecular flexibility index (Phi) is 5.15. The molecule has 3 heteroatoms. The first-order valence-corrected chi connectivity index (χ1v) is 5.24. The van der Waals surface area contributed by atoms with Crippen LogP contribution < -0.4 is 10.1 Å². The van der Waals surface area contributed by atoms with Crippen LogP contribution in [0.3, 0.4) is 0 Å². The lowest BCUT2D eigenvalue weighted by Gasteiger charge is -2.12. The second-order valence-electron chi connectivity index (χ2n) is 3.60. The van der Waals surface area contributed by atoms with Gasteiger partial charge < -0.3 is 15.2 Å². The highest BCUT2D eigenvalue weighted by Gasteiger charge is 2.02. The third-order valence-corrected chi connectivity index (χ3v) is 2.35. The molecule has 0 saturated carbocycles. The van der Waals surface area contributed by atoms with Crippen LogP contribution in [0.25, 0.3) is 0 Å². The van der Waals surface area contributed by atoms with Crippen LogP contribution in [-0.2, 0) is 6.42 Å². The molecule has 0 aliphatic carbocycles. The summed E-state index contributed by atoms with van der Waals surface area (Å²) >= 11 is 0. The van der Waals surface area contributed by atoms with E-state index in [0.29, 0.717) is 0 Å². The zero-order valence-corrected chi connectivity index (χ0v) is 9.36. The number of hydrogen-bond donors (Lipinski definition) is 2. The van der Waals surface area contributed by atoms with E-state index >= 15 is 0 Å². The maximum atomic E-state index is 8.85. The molecular formula is C12H19NO2. The number of benzene rings is 1. The van der Waals surface area contributed by atoms with Gasteiger partial charge in [-0.15, -0.1) is 0 Å². The Morgan fingerprint density at radius 1 is 1.40 bits per heavy atom. The van der Waals surface area contributed by atoms with Crippen molar-refractivity contribution in [1.29, 1.82) is 0 Å². The maximum absolute atomic E-state index is 8.85. The molecule has 0 heterocycles. The molecule has 1 unspecified atom stereocenters. The minimum atomic E-state index is 0.153. The zero-order valence-electron chi connectivity index (χ0n) is 9.36. The van der Waals surface area contributed by atoms with E-state index in [9.17, 15) is 0 Å². The van der Waals surface area contributed by atoms with Gasteiger partial charge in [0.2, 0.25) is 0 Å². The normalized spacial score (nSPS) is 12.5. The summed E-state index contributed by atoms with van der Waals surface area (Å²) in [7, 11) is 1.68. The molecule has 0 bridgehead atoms. The van der Waals surface area contributed by atoms with Gasteiger partial charge in [0.05, 0.1) is 13.7 Å². The maximum Gasteiger partial charge on any atom is 0.122 e. The number of ether oxygens (including phenoxy) is 1. The average Bonchev–Trinajstić information content (AvgIpc) is 2.29. The predicted molar refractivity (Wildman–Crippen MR) is 61.2 cm³/mol. The van der Waals surface area contributed by atoms with Crippen molar-refractivity contribution in [2.45, 2.75) is 19.4 Å². The van der Waals surface area contributed by atoms with Crippen LogP contribution in [-0.4, -0.2) is 31.4 Å². The van der Waals surface area contributed by atoms with Crippen LogP contribution in [0.2, 0.25) is 0 Å². The molecule has 0 aliphatic rings. The van der Waals surface area contributed by atoms with Crippen molar-refractivity contribution in [1.82, 2.24) is 5.32 Å². The molecule has 0 aliphatic heterocycles. The molecule has 1 atom stereocenters. The quantitative estimate of drug-likeness (QED) is 0.740. The van der Waals surface area contributed by atoms with Gasteiger partial charge in [0.1, 0.15) is 5.75 Å². The first-order chi connectivity index (χ1) is 7.27. The minimum Gasteiger partial charge on any atom is -0.496 e. The highest BCUT2D eigenvalue weighted by atomic mass is 16.5. The van der Waals surface area contributed by atoms with E-state index in [2.05, 4.69) is 11.4 Å². The number of nitrogens with one attached hydrogen (secondary N) is 1. The molecule has 0 spiro atoms. The minimum absolute atomic E-state index is 0.153. The molecule has 2 N–H and O–H groups in total. The van der Waals surface area contributed by atoms with Gasteiger partial charge in [0, 0.05) is 6.04 Å². The number of methoxy groups -OCH3 is 1. The number of aliphatic hydroxyl groups is 1. The Hall–Kier alpha value is -1.06. The van der Waals surface area contributed by atoms with Gasteiger partial charge in [0.25, 0.3) is 0 Å². The van der Waals surface area contributed by atoms with E-state index in [1.54, 1.807) is 7.11 Å². The molecule has 0 aromatic heterocycles. The highest BCUT2D eigenvalue weighted by Crippen LogP contribution is 2.17. The van der Waals surface area contributed by atoms with E-state index in [-0.39, 0.29) is 12.6 Å². The molecule has 0 saturated heterocycles. The summed E-state index contributed by atoms with van der Waals surface area (Å²) in [4.78, 5) is 0. The van der Waals surface area contributed by atoms with Gasteiger partial charge in [0.15, 0.2) is 0 Å². The second-order valence-corrected chi connectivity index (χ2v) is 3.60. The lowest BCUT2D eigenvalue weighted by atomic mass is 10.1. The summed E-state index contributed by atoms with van der Waals surface area (Å²) in [5.74, 6) is 0.927. The number of aliphatic hydroxyl groups excluding tert-OH is 1. The fourth-order valence-corrected chi connectivity index (χ4v) is 1.43. The second kappa shape index (κ2) is 6.43. The first kappa shape index (κ1) is 12.0. The van der Waals surface area contributed by atoms with Crippen molar-refractivity contribution >= 4 is 0 Å². The average molecular weight is 209 g/mol. The van der Waals surface area contributed by atoms with Crippen LogP contribution in [0.15, 0.2) is 24.3 Å². The number of para-hydroxylation sites is 1. The standard InChI is InChI=1S/C12H19NO2/c1-10(9-14)13-8-7-11-5-3-4-6-12(11)15-2/h3-6,10,13-14H,7-9H2,1-2H3. The van der Waals surface area contributed by atoms with Crippen molar-refractivity contribution in [3.05, 3.63) is 29.8 Å². The first-order valence-electron chi connectivity index (χ1n) is 5.24. The van der Waals surface area contributed by atoms with Gasteiger partial charge in [-0.05, 0) is 31.5 Å². The summed E-state index contributed by atoms with van der Waals surface area (Å²) in [6.45, 7) is 2.98. The summed E-state index contributed by atoms with van der Waals surface area (Å²) in [6.07, 6.45) is 0.911. The van der Waals surface area contributed by atoms with E-state index in [4.69, 9.17) is 9.84 Å². The van der Waals surface area contributed by atoms with Crippen LogP contribution >= 0.6 is 0 Å². The van der Waals surface area contributed by atoms with Crippen molar-refractivity contribution < 1.29 is 9.84 Å². The molecule has 0 radical (unpaired) electrons. The number of rotatable bonds is 6. The molecule has 1 aromatic rings. The Morgan fingerprint density at radius 3 is 2.80 bits per heavy atom. The van der Waals surface area contributed by atoms with Gasteiger partial charge in [-0.2, -0.15) is 0 Å².